The molecule has 0 unspecified atom stereocenters. The van der Waals surface area contributed by atoms with E-state index in [4.69, 9.17) is 4.74 Å². The van der Waals surface area contributed by atoms with E-state index in [2.05, 4.69) is 33.1 Å². The molecule has 2 aromatic rings. The summed E-state index contributed by atoms with van der Waals surface area (Å²) in [5, 5.41) is 5.51. The molecule has 2 amide bonds. The first-order chi connectivity index (χ1) is 12.6. The molecule has 2 aromatic carbocycles. The fraction of sp³-hybridized carbons (Fsp3) is 0.100. The van der Waals surface area contributed by atoms with Gasteiger partial charge in [-0.25, -0.2) is 0 Å². The van der Waals surface area contributed by atoms with Crippen LogP contribution in [0.15, 0.2) is 65.2 Å². The van der Waals surface area contributed by atoms with Gasteiger partial charge in [0.15, 0.2) is 0 Å². The van der Waals surface area contributed by atoms with Crippen LogP contribution in [-0.2, 0) is 4.79 Å². The first-order valence-electron chi connectivity index (χ1n) is 8.01. The number of benzene rings is 2. The zero-order valence-electron chi connectivity index (χ0n) is 13.9. The lowest BCUT2D eigenvalue weighted by molar-refractivity contribution is -0.113. The van der Waals surface area contributed by atoms with E-state index >= 15 is 0 Å². The second-order valence-corrected chi connectivity index (χ2v) is 6.55. The number of ether oxygens (including phenoxy) is 1. The molecule has 3 rings (SSSR count). The van der Waals surface area contributed by atoms with Crippen molar-refractivity contribution in [1.29, 1.82) is 0 Å². The van der Waals surface area contributed by atoms with Crippen LogP contribution in [0.4, 0.5) is 5.69 Å². The van der Waals surface area contributed by atoms with Crippen molar-refractivity contribution in [2.45, 2.75) is 0 Å². The SMILES string of the molecule is C=CCNC(=O)c1ccccc1NC(=O)C1=Cc2cc(Br)ccc2OC1. The van der Waals surface area contributed by atoms with Crippen LogP contribution in [0.3, 0.4) is 0 Å². The molecule has 132 valence electrons. The van der Waals surface area contributed by atoms with Crippen molar-refractivity contribution in [1.82, 2.24) is 5.32 Å². The van der Waals surface area contributed by atoms with Crippen molar-refractivity contribution in [2.75, 3.05) is 18.5 Å². The Morgan fingerprint density at radius 2 is 2.00 bits per heavy atom. The molecule has 0 saturated heterocycles. The third-order valence-corrected chi connectivity index (χ3v) is 4.30. The summed E-state index contributed by atoms with van der Waals surface area (Å²) in [4.78, 5) is 24.9. The second kappa shape index (κ2) is 8.01. The maximum atomic E-state index is 12.6. The molecule has 0 radical (unpaired) electrons. The zero-order chi connectivity index (χ0) is 18.5. The number of amides is 2. The molecule has 0 bridgehead atoms. The Balaban J connectivity index is 1.81. The lowest BCUT2D eigenvalue weighted by Gasteiger charge is -2.18. The highest BCUT2D eigenvalue weighted by atomic mass is 79.9. The van der Waals surface area contributed by atoms with E-state index in [1.807, 2.05) is 18.2 Å². The van der Waals surface area contributed by atoms with Crippen LogP contribution in [0.2, 0.25) is 0 Å². The fourth-order valence-electron chi connectivity index (χ4n) is 2.53. The number of para-hydroxylation sites is 1. The minimum atomic E-state index is -0.306. The molecule has 0 saturated carbocycles. The largest absolute Gasteiger partial charge is 0.488 e. The Labute approximate surface area is 159 Å². The number of hydrogen-bond donors (Lipinski definition) is 2. The Morgan fingerprint density at radius 3 is 2.81 bits per heavy atom. The molecule has 0 aromatic heterocycles. The van der Waals surface area contributed by atoms with E-state index in [1.165, 1.54) is 0 Å². The lowest BCUT2D eigenvalue weighted by atomic mass is 10.1. The van der Waals surface area contributed by atoms with Crippen molar-refractivity contribution in [3.63, 3.8) is 0 Å². The molecule has 6 heteroatoms. The molecule has 1 heterocycles. The quantitative estimate of drug-likeness (QED) is 0.734. The predicted octanol–water partition coefficient (Wildman–Crippen LogP) is 3.78. The van der Waals surface area contributed by atoms with Gasteiger partial charge in [-0.05, 0) is 36.4 Å². The number of carbonyl (C=O) groups excluding carboxylic acids is 2. The molecule has 1 aliphatic rings. The van der Waals surface area contributed by atoms with E-state index in [-0.39, 0.29) is 18.4 Å². The molecular formula is C20H17BrN2O3. The maximum absolute atomic E-state index is 12.6. The van der Waals surface area contributed by atoms with Gasteiger partial charge in [-0.15, -0.1) is 6.58 Å². The van der Waals surface area contributed by atoms with Crippen LogP contribution >= 0.6 is 15.9 Å². The summed E-state index contributed by atoms with van der Waals surface area (Å²) >= 11 is 3.41. The number of carbonyl (C=O) groups is 2. The van der Waals surface area contributed by atoms with Gasteiger partial charge in [-0.1, -0.05) is 34.1 Å². The summed E-state index contributed by atoms with van der Waals surface area (Å²) in [7, 11) is 0. The van der Waals surface area contributed by atoms with Gasteiger partial charge in [0.2, 0.25) is 0 Å². The van der Waals surface area contributed by atoms with Crippen molar-refractivity contribution in [2.24, 2.45) is 0 Å². The molecule has 0 fully saturated rings. The Kier molecular flexibility index (Phi) is 5.53. The van der Waals surface area contributed by atoms with Crippen LogP contribution < -0.4 is 15.4 Å². The van der Waals surface area contributed by atoms with Gasteiger partial charge in [-0.2, -0.15) is 0 Å². The number of anilines is 1. The fourth-order valence-corrected chi connectivity index (χ4v) is 2.91. The molecule has 0 aliphatic carbocycles. The number of nitrogens with one attached hydrogen (secondary N) is 2. The number of fused-ring (bicyclic) bond motifs is 1. The van der Waals surface area contributed by atoms with Gasteiger partial charge in [0.1, 0.15) is 12.4 Å². The Morgan fingerprint density at radius 1 is 1.19 bits per heavy atom. The number of hydrogen-bond acceptors (Lipinski definition) is 3. The summed E-state index contributed by atoms with van der Waals surface area (Å²) in [5.74, 6) is 0.150. The van der Waals surface area contributed by atoms with Crippen LogP contribution in [-0.4, -0.2) is 25.0 Å². The van der Waals surface area contributed by atoms with Crippen LogP contribution in [0.25, 0.3) is 6.08 Å². The molecule has 1 aliphatic heterocycles. The minimum Gasteiger partial charge on any atom is -0.488 e. The van der Waals surface area contributed by atoms with Gasteiger partial charge in [0.25, 0.3) is 11.8 Å². The molecule has 26 heavy (non-hydrogen) atoms. The highest BCUT2D eigenvalue weighted by Gasteiger charge is 2.19. The molecule has 5 nitrogen and oxygen atoms in total. The average molecular weight is 413 g/mol. The van der Waals surface area contributed by atoms with Gasteiger partial charge in [0, 0.05) is 16.6 Å². The highest BCUT2D eigenvalue weighted by molar-refractivity contribution is 9.10. The Hall–Kier alpha value is -2.86. The van der Waals surface area contributed by atoms with Crippen LogP contribution in [0, 0.1) is 0 Å². The lowest BCUT2D eigenvalue weighted by Crippen LogP contribution is -2.26. The van der Waals surface area contributed by atoms with Gasteiger partial charge in [-0.3, -0.25) is 9.59 Å². The first kappa shape index (κ1) is 17.9. The summed E-state index contributed by atoms with van der Waals surface area (Å²) < 4.78 is 6.55. The summed E-state index contributed by atoms with van der Waals surface area (Å²) in [6.45, 7) is 4.10. The van der Waals surface area contributed by atoms with Crippen LogP contribution in [0.1, 0.15) is 15.9 Å². The summed E-state index contributed by atoms with van der Waals surface area (Å²) in [6.07, 6.45) is 3.39. The van der Waals surface area contributed by atoms with Gasteiger partial charge in [0.05, 0.1) is 16.8 Å². The van der Waals surface area contributed by atoms with Crippen molar-refractivity contribution in [3.8, 4) is 5.75 Å². The first-order valence-corrected chi connectivity index (χ1v) is 8.80. The third-order valence-electron chi connectivity index (χ3n) is 3.80. The third kappa shape index (κ3) is 4.03. The summed E-state index contributed by atoms with van der Waals surface area (Å²) in [6, 6.07) is 12.5. The molecule has 0 atom stereocenters. The molecular weight excluding hydrogens is 396 g/mol. The Bertz CT molecular complexity index is 906. The molecule has 2 N–H and O–H groups in total. The van der Waals surface area contributed by atoms with Crippen molar-refractivity contribution < 1.29 is 14.3 Å². The van der Waals surface area contributed by atoms with Crippen LogP contribution in [0.5, 0.6) is 5.75 Å². The van der Waals surface area contributed by atoms with Gasteiger partial charge >= 0.3 is 0 Å². The normalized spacial score (nSPS) is 12.3. The van der Waals surface area contributed by atoms with E-state index in [1.54, 1.807) is 36.4 Å². The number of halogens is 1. The molecule has 0 spiro atoms. The van der Waals surface area contributed by atoms with E-state index in [0.29, 0.717) is 23.4 Å². The summed E-state index contributed by atoms with van der Waals surface area (Å²) in [5.41, 5.74) is 2.15. The maximum Gasteiger partial charge on any atom is 0.255 e. The predicted molar refractivity (Wildman–Crippen MR) is 105 cm³/mol. The highest BCUT2D eigenvalue weighted by Crippen LogP contribution is 2.29. The minimum absolute atomic E-state index is 0.172. The monoisotopic (exact) mass is 412 g/mol. The standard InChI is InChI=1S/C20H17BrN2O3/c1-2-9-22-20(25)16-5-3-4-6-17(16)23-19(24)14-10-13-11-15(21)7-8-18(13)26-12-14/h2-8,10-11H,1,9,12H2,(H,22,25)(H,23,24). The second-order valence-electron chi connectivity index (χ2n) is 5.64. The smallest absolute Gasteiger partial charge is 0.255 e. The van der Waals surface area contributed by atoms with E-state index in [9.17, 15) is 9.59 Å². The average Bonchev–Trinajstić information content (AvgIpc) is 2.65. The van der Waals surface area contributed by atoms with Crippen molar-refractivity contribution >= 4 is 39.5 Å². The van der Waals surface area contributed by atoms with E-state index in [0.717, 1.165) is 15.8 Å². The number of rotatable bonds is 5. The van der Waals surface area contributed by atoms with E-state index < -0.39 is 0 Å². The van der Waals surface area contributed by atoms with Gasteiger partial charge < -0.3 is 15.4 Å². The van der Waals surface area contributed by atoms with Crippen molar-refractivity contribution in [3.05, 3.63) is 76.3 Å². The zero-order valence-corrected chi connectivity index (χ0v) is 15.5. The topological polar surface area (TPSA) is 67.4 Å².